The molecule has 0 aliphatic rings. The van der Waals surface area contributed by atoms with Crippen LogP contribution in [0.2, 0.25) is 0 Å². The molecule has 4 heteroatoms. The largest absolute Gasteiger partial charge is 0.269 e. The van der Waals surface area contributed by atoms with Gasteiger partial charge in [-0.3, -0.25) is 9.67 Å². The number of hydrogen-bond acceptors (Lipinski definition) is 2. The molecule has 0 saturated heterocycles. The van der Waals surface area contributed by atoms with Crippen LogP contribution in [0, 0.1) is 0 Å². The van der Waals surface area contributed by atoms with Crippen LogP contribution in [-0.2, 0) is 6.54 Å². The summed E-state index contributed by atoms with van der Waals surface area (Å²) in [5, 5.41) is 4.02. The van der Waals surface area contributed by atoms with E-state index in [-0.39, 0.29) is 0 Å². The van der Waals surface area contributed by atoms with Gasteiger partial charge in [-0.2, -0.15) is 5.10 Å². The summed E-state index contributed by atoms with van der Waals surface area (Å²) >= 11 is 0. The first kappa shape index (κ1) is 8.87. The standard InChI is InChI=1S/C10H10FN3/c11-4-6-14-8-9(7-13-14)10-3-1-2-5-12-10/h1-3,5,7-8H,4,6H2. The van der Waals surface area contributed by atoms with Crippen molar-refractivity contribution in [3.05, 3.63) is 36.8 Å². The number of nitrogens with zero attached hydrogens (tertiary/aromatic N) is 3. The van der Waals surface area contributed by atoms with Gasteiger partial charge in [0, 0.05) is 18.0 Å². The van der Waals surface area contributed by atoms with Crippen molar-refractivity contribution in [1.29, 1.82) is 0 Å². The molecule has 0 aromatic carbocycles. The lowest BCUT2D eigenvalue weighted by molar-refractivity contribution is 0.427. The SMILES string of the molecule is FCCn1cc(-c2ccccn2)cn1. The van der Waals surface area contributed by atoms with Crippen LogP contribution < -0.4 is 0 Å². The zero-order chi connectivity index (χ0) is 9.80. The molecular formula is C10H10FN3. The normalized spacial score (nSPS) is 10.4. The van der Waals surface area contributed by atoms with Crippen LogP contribution in [0.4, 0.5) is 4.39 Å². The number of aryl methyl sites for hydroxylation is 1. The summed E-state index contributed by atoms with van der Waals surface area (Å²) in [6.45, 7) is -0.101. The number of pyridine rings is 1. The van der Waals surface area contributed by atoms with Crippen molar-refractivity contribution in [1.82, 2.24) is 14.8 Å². The molecule has 0 amide bonds. The summed E-state index contributed by atoms with van der Waals surface area (Å²) in [7, 11) is 0. The molecule has 2 heterocycles. The van der Waals surface area contributed by atoms with E-state index in [0.717, 1.165) is 11.3 Å². The molecule has 0 radical (unpaired) electrons. The third-order valence-corrected chi connectivity index (χ3v) is 1.91. The highest BCUT2D eigenvalue weighted by atomic mass is 19.1. The minimum absolute atomic E-state index is 0.298. The Labute approximate surface area is 81.2 Å². The number of rotatable bonds is 3. The van der Waals surface area contributed by atoms with E-state index < -0.39 is 6.67 Å². The fourth-order valence-electron chi connectivity index (χ4n) is 1.24. The third-order valence-electron chi connectivity index (χ3n) is 1.91. The number of halogens is 1. The van der Waals surface area contributed by atoms with Gasteiger partial charge in [0.15, 0.2) is 0 Å². The van der Waals surface area contributed by atoms with Crippen molar-refractivity contribution in [2.45, 2.75) is 6.54 Å². The highest BCUT2D eigenvalue weighted by Crippen LogP contribution is 2.14. The topological polar surface area (TPSA) is 30.7 Å². The van der Waals surface area contributed by atoms with Crippen molar-refractivity contribution in [3.63, 3.8) is 0 Å². The van der Waals surface area contributed by atoms with Crippen molar-refractivity contribution in [2.75, 3.05) is 6.67 Å². The summed E-state index contributed by atoms with van der Waals surface area (Å²) in [6, 6.07) is 5.67. The van der Waals surface area contributed by atoms with Crippen molar-refractivity contribution >= 4 is 0 Å². The second-order valence-electron chi connectivity index (χ2n) is 2.90. The first-order chi connectivity index (χ1) is 6.90. The van der Waals surface area contributed by atoms with Crippen molar-refractivity contribution in [3.8, 4) is 11.3 Å². The van der Waals surface area contributed by atoms with Crippen LogP contribution in [-0.4, -0.2) is 21.4 Å². The predicted molar refractivity (Wildman–Crippen MR) is 51.4 cm³/mol. The molecule has 0 aliphatic carbocycles. The van der Waals surface area contributed by atoms with E-state index in [1.54, 1.807) is 23.3 Å². The van der Waals surface area contributed by atoms with E-state index in [0.29, 0.717) is 6.54 Å². The Hall–Kier alpha value is -1.71. The molecular weight excluding hydrogens is 181 g/mol. The van der Waals surface area contributed by atoms with Gasteiger partial charge in [0.05, 0.1) is 18.4 Å². The lowest BCUT2D eigenvalue weighted by Crippen LogP contribution is -1.98. The molecule has 2 aromatic rings. The maximum Gasteiger partial charge on any atom is 0.109 e. The van der Waals surface area contributed by atoms with Crippen LogP contribution in [0.25, 0.3) is 11.3 Å². The fourth-order valence-corrected chi connectivity index (χ4v) is 1.24. The van der Waals surface area contributed by atoms with Gasteiger partial charge in [0.25, 0.3) is 0 Å². The monoisotopic (exact) mass is 191 g/mol. The number of alkyl halides is 1. The quantitative estimate of drug-likeness (QED) is 0.742. The van der Waals surface area contributed by atoms with Gasteiger partial charge in [-0.1, -0.05) is 6.07 Å². The van der Waals surface area contributed by atoms with Gasteiger partial charge < -0.3 is 0 Å². The van der Waals surface area contributed by atoms with E-state index in [4.69, 9.17) is 0 Å². The number of hydrogen-bond donors (Lipinski definition) is 0. The molecule has 0 atom stereocenters. The first-order valence-corrected chi connectivity index (χ1v) is 4.40. The Kier molecular flexibility index (Phi) is 2.53. The summed E-state index contributed by atoms with van der Waals surface area (Å²) in [5.41, 5.74) is 1.77. The van der Waals surface area contributed by atoms with E-state index in [1.807, 2.05) is 18.2 Å². The van der Waals surface area contributed by atoms with E-state index in [2.05, 4.69) is 10.1 Å². The Morgan fingerprint density at radius 2 is 2.29 bits per heavy atom. The molecule has 0 fully saturated rings. The van der Waals surface area contributed by atoms with Gasteiger partial charge in [-0.05, 0) is 12.1 Å². The summed E-state index contributed by atoms with van der Waals surface area (Å²) < 4.78 is 13.6. The second kappa shape index (κ2) is 4.00. The molecule has 0 saturated carbocycles. The third kappa shape index (κ3) is 1.79. The van der Waals surface area contributed by atoms with Crippen LogP contribution in [0.5, 0.6) is 0 Å². The smallest absolute Gasteiger partial charge is 0.109 e. The van der Waals surface area contributed by atoms with Crippen LogP contribution >= 0.6 is 0 Å². The van der Waals surface area contributed by atoms with E-state index in [1.165, 1.54) is 0 Å². The summed E-state index contributed by atoms with van der Waals surface area (Å²) in [5.74, 6) is 0. The Morgan fingerprint density at radius 3 is 3.00 bits per heavy atom. The second-order valence-corrected chi connectivity index (χ2v) is 2.90. The van der Waals surface area contributed by atoms with Crippen LogP contribution in [0.3, 0.4) is 0 Å². The van der Waals surface area contributed by atoms with Gasteiger partial charge in [0.2, 0.25) is 0 Å². The predicted octanol–water partition coefficient (Wildman–Crippen LogP) is 1.91. The molecule has 0 aliphatic heterocycles. The Bertz CT molecular complexity index is 397. The molecule has 0 unspecified atom stereocenters. The van der Waals surface area contributed by atoms with Crippen LogP contribution in [0.1, 0.15) is 0 Å². The highest BCUT2D eigenvalue weighted by molar-refractivity contribution is 5.56. The minimum Gasteiger partial charge on any atom is -0.269 e. The molecule has 3 nitrogen and oxygen atoms in total. The van der Waals surface area contributed by atoms with E-state index in [9.17, 15) is 4.39 Å². The number of aromatic nitrogens is 3. The zero-order valence-electron chi connectivity index (χ0n) is 7.60. The summed E-state index contributed by atoms with van der Waals surface area (Å²) in [4.78, 5) is 4.18. The molecule has 2 rings (SSSR count). The van der Waals surface area contributed by atoms with Crippen LogP contribution in [0.15, 0.2) is 36.8 Å². The van der Waals surface area contributed by atoms with E-state index >= 15 is 0 Å². The van der Waals surface area contributed by atoms with Gasteiger partial charge in [-0.15, -0.1) is 0 Å². The minimum atomic E-state index is -0.399. The molecule has 2 aromatic heterocycles. The maximum atomic E-state index is 12.0. The highest BCUT2D eigenvalue weighted by Gasteiger charge is 2.01. The van der Waals surface area contributed by atoms with Gasteiger partial charge in [-0.25, -0.2) is 4.39 Å². The zero-order valence-corrected chi connectivity index (χ0v) is 7.60. The average molecular weight is 191 g/mol. The van der Waals surface area contributed by atoms with Gasteiger partial charge in [0.1, 0.15) is 6.67 Å². The van der Waals surface area contributed by atoms with Gasteiger partial charge >= 0.3 is 0 Å². The molecule has 14 heavy (non-hydrogen) atoms. The maximum absolute atomic E-state index is 12.0. The molecule has 0 spiro atoms. The Morgan fingerprint density at radius 1 is 1.36 bits per heavy atom. The first-order valence-electron chi connectivity index (χ1n) is 4.40. The molecule has 0 N–H and O–H groups in total. The fraction of sp³-hybridized carbons (Fsp3) is 0.200. The van der Waals surface area contributed by atoms with Crippen molar-refractivity contribution < 1.29 is 4.39 Å². The lowest BCUT2D eigenvalue weighted by atomic mass is 10.2. The molecule has 0 bridgehead atoms. The van der Waals surface area contributed by atoms with Crippen molar-refractivity contribution in [2.24, 2.45) is 0 Å². The molecule has 72 valence electrons. The summed E-state index contributed by atoms with van der Waals surface area (Å²) in [6.07, 6.45) is 5.21. The average Bonchev–Trinajstić information content (AvgIpc) is 2.68. The lowest BCUT2D eigenvalue weighted by Gasteiger charge is -1.94. The Balaban J connectivity index is 2.25.